The fraction of sp³-hybridized carbons (Fsp3) is 0.571. The highest BCUT2D eigenvalue weighted by molar-refractivity contribution is 5.88. The van der Waals surface area contributed by atoms with Gasteiger partial charge in [-0.2, -0.15) is 5.21 Å². The number of hydrogen-bond acceptors (Lipinski definition) is 5. The third kappa shape index (κ3) is 4.46. The molecule has 2 aliphatic heterocycles. The van der Waals surface area contributed by atoms with Crippen LogP contribution in [0.25, 0.3) is 0 Å². The number of hydrogen-bond donors (Lipinski definition) is 1. The summed E-state index contributed by atoms with van der Waals surface area (Å²) in [5.41, 5.74) is 1.30. The first-order valence-electron chi connectivity index (χ1n) is 10.6. The highest BCUT2D eigenvalue weighted by Gasteiger charge is 2.41. The molecule has 2 amide bonds. The molecule has 0 spiro atoms. The first kappa shape index (κ1) is 19.5. The minimum absolute atomic E-state index is 0.0347. The Morgan fingerprint density at radius 1 is 1.03 bits per heavy atom. The van der Waals surface area contributed by atoms with E-state index in [2.05, 4.69) is 32.8 Å². The first-order chi connectivity index (χ1) is 14.2. The number of benzene rings is 1. The fourth-order valence-corrected chi connectivity index (χ4v) is 4.52. The molecule has 1 aromatic carbocycles. The van der Waals surface area contributed by atoms with Gasteiger partial charge in [0.25, 0.3) is 0 Å². The molecular formula is C21H28N6O2. The summed E-state index contributed by atoms with van der Waals surface area (Å²) in [6.07, 6.45) is 6.70. The van der Waals surface area contributed by atoms with Crippen molar-refractivity contribution in [1.82, 2.24) is 30.4 Å². The van der Waals surface area contributed by atoms with Crippen LogP contribution < -0.4 is 0 Å². The smallest absolute Gasteiger partial charge is 0.246 e. The van der Waals surface area contributed by atoms with Gasteiger partial charge in [0.2, 0.25) is 11.8 Å². The number of rotatable bonds is 7. The number of aryl methyl sites for hydroxylation is 1. The zero-order valence-corrected chi connectivity index (χ0v) is 16.7. The average molecular weight is 396 g/mol. The lowest BCUT2D eigenvalue weighted by Crippen LogP contribution is -2.47. The molecule has 2 fully saturated rings. The molecule has 0 radical (unpaired) electrons. The summed E-state index contributed by atoms with van der Waals surface area (Å²) in [7, 11) is 0. The molecule has 8 heteroatoms. The van der Waals surface area contributed by atoms with Crippen LogP contribution in [-0.2, 0) is 16.0 Å². The largest absolute Gasteiger partial charge is 0.331 e. The van der Waals surface area contributed by atoms with E-state index in [-0.39, 0.29) is 23.9 Å². The van der Waals surface area contributed by atoms with Gasteiger partial charge >= 0.3 is 0 Å². The lowest BCUT2D eigenvalue weighted by atomic mass is 10.1. The number of H-pyrrole nitrogens is 1. The molecule has 4 rings (SSSR count). The van der Waals surface area contributed by atoms with Gasteiger partial charge in [-0.25, -0.2) is 0 Å². The van der Waals surface area contributed by atoms with Gasteiger partial charge in [-0.1, -0.05) is 35.5 Å². The van der Waals surface area contributed by atoms with Crippen molar-refractivity contribution in [1.29, 1.82) is 0 Å². The minimum atomic E-state index is -0.343. The molecular weight excluding hydrogens is 368 g/mol. The van der Waals surface area contributed by atoms with Crippen LogP contribution in [0.4, 0.5) is 0 Å². The van der Waals surface area contributed by atoms with Crippen molar-refractivity contribution in [3.05, 3.63) is 41.7 Å². The molecule has 2 atom stereocenters. The van der Waals surface area contributed by atoms with Crippen molar-refractivity contribution >= 4 is 11.8 Å². The number of aromatic nitrogens is 4. The normalized spacial score (nSPS) is 21.7. The molecule has 154 valence electrons. The van der Waals surface area contributed by atoms with Gasteiger partial charge in [0.15, 0.2) is 5.82 Å². The van der Waals surface area contributed by atoms with Crippen LogP contribution in [-0.4, -0.2) is 61.4 Å². The number of nitrogens with zero attached hydrogens (tertiary/aromatic N) is 5. The Kier molecular flexibility index (Phi) is 6.17. The Morgan fingerprint density at radius 3 is 2.62 bits per heavy atom. The van der Waals surface area contributed by atoms with Crippen molar-refractivity contribution in [3.63, 3.8) is 0 Å². The summed E-state index contributed by atoms with van der Waals surface area (Å²) in [4.78, 5) is 29.7. The number of unbranched alkanes of at least 4 members (excludes halogenated alkanes) is 1. The van der Waals surface area contributed by atoms with Gasteiger partial charge in [0.1, 0.15) is 6.04 Å². The van der Waals surface area contributed by atoms with Crippen LogP contribution in [0.2, 0.25) is 0 Å². The third-order valence-corrected chi connectivity index (χ3v) is 6.00. The van der Waals surface area contributed by atoms with E-state index < -0.39 is 0 Å². The third-order valence-electron chi connectivity index (χ3n) is 6.00. The predicted octanol–water partition coefficient (Wildman–Crippen LogP) is 2.27. The van der Waals surface area contributed by atoms with Crippen LogP contribution in [0.1, 0.15) is 62.4 Å². The van der Waals surface area contributed by atoms with Gasteiger partial charge < -0.3 is 9.80 Å². The van der Waals surface area contributed by atoms with E-state index >= 15 is 0 Å². The molecule has 2 aromatic rings. The predicted molar refractivity (Wildman–Crippen MR) is 107 cm³/mol. The van der Waals surface area contributed by atoms with Gasteiger partial charge in [0, 0.05) is 19.5 Å². The second-order valence-corrected chi connectivity index (χ2v) is 7.90. The maximum absolute atomic E-state index is 13.2. The van der Waals surface area contributed by atoms with Crippen LogP contribution in [0.15, 0.2) is 30.3 Å². The SMILES string of the molecule is O=C(CCCCc1ccccc1)N1CCC[C@H]1C(=O)N1CCC[C@H]1c1nn[nH]n1. The molecule has 0 aliphatic carbocycles. The van der Waals surface area contributed by atoms with Gasteiger partial charge in [-0.05, 0) is 50.5 Å². The summed E-state index contributed by atoms with van der Waals surface area (Å²) in [6.45, 7) is 1.36. The molecule has 2 aliphatic rings. The molecule has 3 heterocycles. The summed E-state index contributed by atoms with van der Waals surface area (Å²) in [5, 5.41) is 14.2. The monoisotopic (exact) mass is 396 g/mol. The van der Waals surface area contributed by atoms with E-state index in [1.54, 1.807) is 4.90 Å². The maximum Gasteiger partial charge on any atom is 0.246 e. The van der Waals surface area contributed by atoms with E-state index in [1.165, 1.54) is 5.56 Å². The minimum Gasteiger partial charge on any atom is -0.331 e. The second-order valence-electron chi connectivity index (χ2n) is 7.90. The van der Waals surface area contributed by atoms with E-state index in [0.717, 1.165) is 44.9 Å². The Labute approximate surface area is 170 Å². The van der Waals surface area contributed by atoms with Gasteiger partial charge in [0.05, 0.1) is 6.04 Å². The topological polar surface area (TPSA) is 95.1 Å². The van der Waals surface area contributed by atoms with E-state index in [1.807, 2.05) is 23.1 Å². The molecule has 1 aromatic heterocycles. The molecule has 0 bridgehead atoms. The number of amides is 2. The van der Waals surface area contributed by atoms with Crippen molar-refractivity contribution in [2.45, 2.75) is 63.5 Å². The maximum atomic E-state index is 13.2. The lowest BCUT2D eigenvalue weighted by Gasteiger charge is -2.30. The summed E-state index contributed by atoms with van der Waals surface area (Å²) in [6, 6.07) is 9.86. The van der Waals surface area contributed by atoms with Crippen LogP contribution in [0, 0.1) is 0 Å². The zero-order chi connectivity index (χ0) is 20.1. The van der Waals surface area contributed by atoms with Crippen LogP contribution in [0.3, 0.4) is 0 Å². The Balaban J connectivity index is 1.31. The highest BCUT2D eigenvalue weighted by atomic mass is 16.2. The molecule has 8 nitrogen and oxygen atoms in total. The molecule has 2 saturated heterocycles. The Hall–Kier alpha value is -2.77. The van der Waals surface area contributed by atoms with E-state index in [4.69, 9.17) is 0 Å². The zero-order valence-electron chi connectivity index (χ0n) is 16.7. The van der Waals surface area contributed by atoms with Crippen molar-refractivity contribution < 1.29 is 9.59 Å². The van der Waals surface area contributed by atoms with Crippen molar-refractivity contribution in [2.75, 3.05) is 13.1 Å². The van der Waals surface area contributed by atoms with E-state index in [0.29, 0.717) is 25.3 Å². The number of nitrogens with one attached hydrogen (secondary N) is 1. The van der Waals surface area contributed by atoms with Crippen LogP contribution >= 0.6 is 0 Å². The standard InChI is InChI=1S/C21H28N6O2/c28-19(13-5-4-10-16-8-2-1-3-9-16)26-14-7-12-18(26)21(29)27-15-6-11-17(27)20-22-24-25-23-20/h1-3,8-9,17-18H,4-7,10-15H2,(H,22,23,24,25)/t17-,18-/m0/s1. The lowest BCUT2D eigenvalue weighted by molar-refractivity contribution is -0.144. The van der Waals surface area contributed by atoms with Crippen molar-refractivity contribution in [2.24, 2.45) is 0 Å². The summed E-state index contributed by atoms with van der Waals surface area (Å²) < 4.78 is 0. The number of likely N-dealkylation sites (tertiary alicyclic amines) is 2. The average Bonchev–Trinajstić information content (AvgIpc) is 3.51. The first-order valence-corrected chi connectivity index (χ1v) is 10.6. The number of tetrazole rings is 1. The van der Waals surface area contributed by atoms with E-state index in [9.17, 15) is 9.59 Å². The van der Waals surface area contributed by atoms with Gasteiger partial charge in [-0.3, -0.25) is 9.59 Å². The number of aromatic amines is 1. The quantitative estimate of drug-likeness (QED) is 0.725. The number of carbonyl (C=O) groups excluding carboxylic acids is 2. The Morgan fingerprint density at radius 2 is 1.83 bits per heavy atom. The summed E-state index contributed by atoms with van der Waals surface area (Å²) >= 11 is 0. The molecule has 0 unspecified atom stereocenters. The molecule has 0 saturated carbocycles. The van der Waals surface area contributed by atoms with Gasteiger partial charge in [-0.15, -0.1) is 10.2 Å². The highest BCUT2D eigenvalue weighted by Crippen LogP contribution is 2.32. The molecule has 1 N–H and O–H groups in total. The number of carbonyl (C=O) groups is 2. The molecule has 29 heavy (non-hydrogen) atoms. The van der Waals surface area contributed by atoms with Crippen LogP contribution in [0.5, 0.6) is 0 Å². The second kappa shape index (κ2) is 9.15. The summed E-state index contributed by atoms with van der Waals surface area (Å²) in [5.74, 6) is 0.698. The fourth-order valence-electron chi connectivity index (χ4n) is 4.52. The Bertz CT molecular complexity index is 810. The van der Waals surface area contributed by atoms with Crippen molar-refractivity contribution in [3.8, 4) is 0 Å².